The molecular formula is C18H22N4OS. The zero-order valence-electron chi connectivity index (χ0n) is 14.2. The lowest BCUT2D eigenvalue weighted by molar-refractivity contribution is 0.242. The van der Waals surface area contributed by atoms with Gasteiger partial charge in [0.1, 0.15) is 5.01 Å². The Morgan fingerprint density at radius 1 is 1.33 bits per heavy atom. The molecule has 1 fully saturated rings. The molecule has 1 aromatic carbocycles. The van der Waals surface area contributed by atoms with Gasteiger partial charge in [-0.15, -0.1) is 10.2 Å². The van der Waals surface area contributed by atoms with Gasteiger partial charge in [0.15, 0.2) is 0 Å². The molecule has 0 saturated heterocycles. The van der Waals surface area contributed by atoms with Crippen molar-refractivity contribution in [2.45, 2.75) is 45.1 Å². The van der Waals surface area contributed by atoms with Crippen LogP contribution in [0, 0.1) is 0 Å². The van der Waals surface area contributed by atoms with Crippen molar-refractivity contribution >= 4 is 28.1 Å². The van der Waals surface area contributed by atoms with Crippen molar-refractivity contribution in [3.63, 3.8) is 0 Å². The number of urea groups is 1. The van der Waals surface area contributed by atoms with E-state index in [2.05, 4.69) is 33.5 Å². The predicted molar refractivity (Wildman–Crippen MR) is 98.2 cm³/mol. The molecule has 2 N–H and O–H groups in total. The number of hydrogen-bond donors (Lipinski definition) is 2. The van der Waals surface area contributed by atoms with Gasteiger partial charge in [-0.1, -0.05) is 41.7 Å². The number of carbonyl (C=O) groups is 1. The number of rotatable bonds is 5. The lowest BCUT2D eigenvalue weighted by Crippen LogP contribution is -2.43. The van der Waals surface area contributed by atoms with Gasteiger partial charge in [-0.05, 0) is 50.8 Å². The van der Waals surface area contributed by atoms with Gasteiger partial charge in [-0.25, -0.2) is 4.79 Å². The monoisotopic (exact) mass is 342 g/mol. The first-order valence-electron chi connectivity index (χ1n) is 8.04. The molecular weight excluding hydrogens is 320 g/mol. The summed E-state index contributed by atoms with van der Waals surface area (Å²) in [4.78, 5) is 12.3. The highest BCUT2D eigenvalue weighted by Crippen LogP contribution is 2.42. The molecule has 5 nitrogen and oxygen atoms in total. The first kappa shape index (κ1) is 16.6. The molecule has 24 heavy (non-hydrogen) atoms. The number of carbonyl (C=O) groups excluding carboxylic acids is 1. The summed E-state index contributed by atoms with van der Waals surface area (Å²) in [6.45, 7) is 9.89. The van der Waals surface area contributed by atoms with Gasteiger partial charge in [0.05, 0.1) is 5.54 Å². The van der Waals surface area contributed by atoms with Crippen LogP contribution in [0.4, 0.5) is 9.93 Å². The quantitative estimate of drug-likeness (QED) is 0.840. The number of anilines is 1. The Morgan fingerprint density at radius 3 is 2.75 bits per heavy atom. The largest absolute Gasteiger partial charge is 0.329 e. The van der Waals surface area contributed by atoms with Crippen molar-refractivity contribution in [2.24, 2.45) is 0 Å². The molecule has 0 bridgehead atoms. The van der Waals surface area contributed by atoms with Gasteiger partial charge >= 0.3 is 6.03 Å². The molecule has 0 radical (unpaired) electrons. The van der Waals surface area contributed by atoms with E-state index in [1.165, 1.54) is 24.2 Å². The van der Waals surface area contributed by atoms with Crippen LogP contribution in [0.1, 0.15) is 55.7 Å². The summed E-state index contributed by atoms with van der Waals surface area (Å²) in [5.74, 6) is 0.544. The summed E-state index contributed by atoms with van der Waals surface area (Å²) in [5, 5.41) is 15.5. The van der Waals surface area contributed by atoms with E-state index in [9.17, 15) is 4.79 Å². The van der Waals surface area contributed by atoms with Gasteiger partial charge < -0.3 is 5.32 Å². The van der Waals surface area contributed by atoms with Crippen LogP contribution in [0.3, 0.4) is 0 Å². The highest BCUT2D eigenvalue weighted by Gasteiger charge is 2.28. The molecule has 3 rings (SSSR count). The SMILES string of the molecule is C=C(C)c1cccc(C(C)(C)NC(=O)Nc2nnc(C3CC3)s2)c1. The fourth-order valence-corrected chi connectivity index (χ4v) is 3.35. The fraction of sp³-hybridized carbons (Fsp3) is 0.389. The minimum atomic E-state index is -0.514. The maximum absolute atomic E-state index is 12.3. The first-order valence-corrected chi connectivity index (χ1v) is 8.86. The van der Waals surface area contributed by atoms with Gasteiger partial charge in [0.2, 0.25) is 5.13 Å². The zero-order valence-corrected chi connectivity index (χ0v) is 15.0. The van der Waals surface area contributed by atoms with E-state index in [-0.39, 0.29) is 6.03 Å². The number of nitrogens with one attached hydrogen (secondary N) is 2. The lowest BCUT2D eigenvalue weighted by Gasteiger charge is -2.27. The average molecular weight is 342 g/mol. The third-order valence-corrected chi connectivity index (χ3v) is 5.09. The summed E-state index contributed by atoms with van der Waals surface area (Å²) in [7, 11) is 0. The van der Waals surface area contributed by atoms with Crippen LogP contribution in [0.5, 0.6) is 0 Å². The molecule has 6 heteroatoms. The number of benzene rings is 1. The predicted octanol–water partition coefficient (Wildman–Crippen LogP) is 4.51. The lowest BCUT2D eigenvalue weighted by atomic mass is 9.92. The number of allylic oxidation sites excluding steroid dienone is 1. The minimum absolute atomic E-state index is 0.278. The van der Waals surface area contributed by atoms with Crippen LogP contribution in [0.15, 0.2) is 30.8 Å². The number of hydrogen-bond acceptors (Lipinski definition) is 4. The van der Waals surface area contributed by atoms with Crippen LogP contribution in [-0.2, 0) is 5.54 Å². The highest BCUT2D eigenvalue weighted by atomic mass is 32.1. The zero-order chi connectivity index (χ0) is 17.3. The Balaban J connectivity index is 1.67. The first-order chi connectivity index (χ1) is 11.3. The molecule has 2 amide bonds. The molecule has 1 saturated carbocycles. The molecule has 2 aromatic rings. The molecule has 0 aliphatic heterocycles. The van der Waals surface area contributed by atoms with Crippen LogP contribution in [-0.4, -0.2) is 16.2 Å². The second kappa shape index (κ2) is 6.36. The Morgan fingerprint density at radius 2 is 2.08 bits per heavy atom. The minimum Gasteiger partial charge on any atom is -0.329 e. The third kappa shape index (κ3) is 3.82. The highest BCUT2D eigenvalue weighted by molar-refractivity contribution is 7.15. The van der Waals surface area contributed by atoms with Gasteiger partial charge in [-0.2, -0.15) is 0 Å². The van der Waals surface area contributed by atoms with E-state index in [0.717, 1.165) is 21.7 Å². The smallest absolute Gasteiger partial charge is 0.321 e. The van der Waals surface area contributed by atoms with Crippen molar-refractivity contribution in [3.8, 4) is 0 Å². The normalized spacial score (nSPS) is 14.3. The summed E-state index contributed by atoms with van der Waals surface area (Å²) in [6.07, 6.45) is 2.35. The summed E-state index contributed by atoms with van der Waals surface area (Å²) in [5.41, 5.74) is 2.58. The molecule has 1 heterocycles. The van der Waals surface area contributed by atoms with Gasteiger partial charge in [0.25, 0.3) is 0 Å². The molecule has 0 spiro atoms. The van der Waals surface area contributed by atoms with E-state index in [4.69, 9.17) is 0 Å². The Hall–Kier alpha value is -2.21. The van der Waals surface area contributed by atoms with Crippen molar-refractivity contribution in [2.75, 3.05) is 5.32 Å². The van der Waals surface area contributed by atoms with E-state index >= 15 is 0 Å². The van der Waals surface area contributed by atoms with Crippen molar-refractivity contribution in [1.82, 2.24) is 15.5 Å². The number of nitrogens with zero attached hydrogens (tertiary/aromatic N) is 2. The van der Waals surface area contributed by atoms with Crippen LogP contribution in [0.25, 0.3) is 5.57 Å². The van der Waals surface area contributed by atoms with Crippen molar-refractivity contribution < 1.29 is 4.79 Å². The summed E-state index contributed by atoms with van der Waals surface area (Å²) >= 11 is 1.45. The molecule has 1 aliphatic carbocycles. The third-order valence-electron chi connectivity index (χ3n) is 4.09. The average Bonchev–Trinajstić information content (AvgIpc) is 3.27. The Kier molecular flexibility index (Phi) is 4.41. The maximum atomic E-state index is 12.3. The molecule has 126 valence electrons. The number of amides is 2. The fourth-order valence-electron chi connectivity index (χ4n) is 2.44. The molecule has 1 aliphatic rings. The Labute approximate surface area is 146 Å². The second-order valence-corrected chi connectivity index (χ2v) is 7.79. The van der Waals surface area contributed by atoms with Gasteiger partial charge in [0, 0.05) is 5.92 Å². The van der Waals surface area contributed by atoms with Crippen molar-refractivity contribution in [3.05, 3.63) is 47.0 Å². The summed E-state index contributed by atoms with van der Waals surface area (Å²) < 4.78 is 0. The van der Waals surface area contributed by atoms with Crippen LogP contribution in [0.2, 0.25) is 0 Å². The maximum Gasteiger partial charge on any atom is 0.321 e. The van der Waals surface area contributed by atoms with E-state index in [1.54, 1.807) is 0 Å². The van der Waals surface area contributed by atoms with E-state index < -0.39 is 5.54 Å². The van der Waals surface area contributed by atoms with Crippen LogP contribution < -0.4 is 10.6 Å². The van der Waals surface area contributed by atoms with Crippen molar-refractivity contribution in [1.29, 1.82) is 0 Å². The summed E-state index contributed by atoms with van der Waals surface area (Å²) in [6, 6.07) is 7.77. The topological polar surface area (TPSA) is 66.9 Å². The standard InChI is InChI=1S/C18H22N4OS/c1-11(2)13-6-5-7-14(10-13)18(3,4)20-16(23)19-17-22-21-15(24-17)12-8-9-12/h5-7,10,12H,1,8-9H2,2-4H3,(H2,19,20,22,23). The van der Waals surface area contributed by atoms with E-state index in [0.29, 0.717) is 11.0 Å². The van der Waals surface area contributed by atoms with Crippen LogP contribution >= 0.6 is 11.3 Å². The van der Waals surface area contributed by atoms with Gasteiger partial charge in [-0.3, -0.25) is 5.32 Å². The second-order valence-electron chi connectivity index (χ2n) is 6.78. The van der Waals surface area contributed by atoms with E-state index in [1.807, 2.05) is 39.0 Å². The Bertz CT molecular complexity index is 777. The number of aromatic nitrogens is 2. The molecule has 0 atom stereocenters. The molecule has 0 unspecified atom stereocenters. The molecule has 1 aromatic heterocycles.